The summed E-state index contributed by atoms with van der Waals surface area (Å²) in [6, 6.07) is 6.89. The Morgan fingerprint density at radius 2 is 1.79 bits per heavy atom. The van der Waals surface area contributed by atoms with Crippen molar-refractivity contribution in [2.75, 3.05) is 13.1 Å². The third-order valence-electron chi connectivity index (χ3n) is 5.76. The van der Waals surface area contributed by atoms with Crippen molar-refractivity contribution in [3.63, 3.8) is 0 Å². The van der Waals surface area contributed by atoms with Crippen LogP contribution in [0, 0.1) is 0 Å². The van der Waals surface area contributed by atoms with Crippen molar-refractivity contribution in [3.8, 4) is 11.3 Å². The number of aromatic nitrogens is 5. The second-order valence-corrected chi connectivity index (χ2v) is 8.00. The molecule has 0 spiro atoms. The minimum Gasteiger partial charge on any atom is -0.337 e. The molecule has 4 aromatic heterocycles. The Morgan fingerprint density at radius 1 is 1.03 bits per heavy atom. The molecule has 5 rings (SSSR count). The molecule has 0 radical (unpaired) electrons. The molecule has 0 aromatic carbocycles. The summed E-state index contributed by atoms with van der Waals surface area (Å²) in [6.45, 7) is 0.00604. The summed E-state index contributed by atoms with van der Waals surface area (Å²) in [7, 11) is 0. The molecule has 0 unspecified atom stereocenters. The van der Waals surface area contributed by atoms with Crippen molar-refractivity contribution < 1.29 is 18.0 Å². The molecule has 1 saturated heterocycles. The first-order chi connectivity index (χ1) is 15.4. The predicted octanol–water partition coefficient (Wildman–Crippen LogP) is 4.75. The lowest BCUT2D eigenvalue weighted by atomic mass is 10.1. The zero-order valence-corrected chi connectivity index (χ0v) is 18.4. The van der Waals surface area contributed by atoms with Crippen molar-refractivity contribution in [3.05, 3.63) is 48.5 Å². The first kappa shape index (κ1) is 23.0. The third kappa shape index (κ3) is 4.52. The van der Waals surface area contributed by atoms with Crippen LogP contribution in [0.2, 0.25) is 0 Å². The molecule has 0 aliphatic carbocycles. The van der Waals surface area contributed by atoms with E-state index in [9.17, 15) is 18.0 Å². The highest BCUT2D eigenvalue weighted by molar-refractivity contribution is 6.00. The average Bonchev–Trinajstić information content (AvgIpc) is 3.21. The van der Waals surface area contributed by atoms with Crippen LogP contribution in [0.3, 0.4) is 0 Å². The number of pyridine rings is 2. The summed E-state index contributed by atoms with van der Waals surface area (Å²) in [6.07, 6.45) is 4.28. The lowest BCUT2D eigenvalue weighted by Gasteiger charge is -2.19. The van der Waals surface area contributed by atoms with Gasteiger partial charge in [-0.2, -0.15) is 23.4 Å². The molecule has 0 atom stereocenters. The van der Waals surface area contributed by atoms with E-state index >= 15 is 0 Å². The van der Waals surface area contributed by atoms with Crippen LogP contribution >= 0.6 is 12.4 Å². The van der Waals surface area contributed by atoms with E-state index in [0.29, 0.717) is 29.7 Å². The zero-order chi connectivity index (χ0) is 22.3. The number of carbonyl (C=O) groups excluding carboxylic acids is 1. The Labute approximate surface area is 193 Å². The molecular weight excluding hydrogens is 457 g/mol. The molecule has 1 aliphatic heterocycles. The summed E-state index contributed by atoms with van der Waals surface area (Å²) in [5, 5.41) is 8.98. The fourth-order valence-electron chi connectivity index (χ4n) is 4.23. The van der Waals surface area contributed by atoms with Gasteiger partial charge in [0.1, 0.15) is 17.9 Å². The summed E-state index contributed by atoms with van der Waals surface area (Å²) in [4.78, 5) is 19.1. The van der Waals surface area contributed by atoms with Crippen molar-refractivity contribution in [1.29, 1.82) is 0 Å². The molecular formula is C22H22ClF3N6O. The van der Waals surface area contributed by atoms with Crippen LogP contribution < -0.4 is 0 Å². The number of carbonyl (C=O) groups is 1. The second kappa shape index (κ2) is 9.01. The van der Waals surface area contributed by atoms with E-state index in [1.54, 1.807) is 21.8 Å². The fraction of sp³-hybridized carbons (Fsp3) is 0.364. The quantitative estimate of drug-likeness (QED) is 0.426. The van der Waals surface area contributed by atoms with Crippen LogP contribution in [0.15, 0.2) is 42.9 Å². The molecule has 33 heavy (non-hydrogen) atoms. The predicted molar refractivity (Wildman–Crippen MR) is 119 cm³/mol. The second-order valence-electron chi connectivity index (χ2n) is 8.00. The van der Waals surface area contributed by atoms with Gasteiger partial charge in [0.15, 0.2) is 0 Å². The van der Waals surface area contributed by atoms with E-state index in [1.807, 2.05) is 18.2 Å². The van der Waals surface area contributed by atoms with Gasteiger partial charge >= 0.3 is 6.18 Å². The fourth-order valence-corrected chi connectivity index (χ4v) is 4.23. The molecule has 1 fully saturated rings. The van der Waals surface area contributed by atoms with Gasteiger partial charge in [0.2, 0.25) is 0 Å². The van der Waals surface area contributed by atoms with Crippen LogP contribution in [0.4, 0.5) is 13.2 Å². The van der Waals surface area contributed by atoms with E-state index < -0.39 is 12.7 Å². The van der Waals surface area contributed by atoms with Crippen molar-refractivity contribution in [2.45, 2.75) is 38.4 Å². The van der Waals surface area contributed by atoms with E-state index in [0.717, 1.165) is 35.9 Å². The number of fused-ring (bicyclic) bond motifs is 2. The van der Waals surface area contributed by atoms with Crippen LogP contribution in [0.5, 0.6) is 0 Å². The largest absolute Gasteiger partial charge is 0.408 e. The van der Waals surface area contributed by atoms with Crippen molar-refractivity contribution in [2.24, 2.45) is 0 Å². The highest BCUT2D eigenvalue weighted by Crippen LogP contribution is 2.32. The van der Waals surface area contributed by atoms with Gasteiger partial charge in [-0.05, 0) is 31.0 Å². The molecule has 11 heteroatoms. The molecule has 1 aliphatic rings. The molecule has 1 amide bonds. The number of nitrogens with zero attached hydrogens (tertiary/aromatic N) is 6. The zero-order valence-electron chi connectivity index (χ0n) is 17.6. The molecule has 174 valence electrons. The Balaban J connectivity index is 0.00000259. The van der Waals surface area contributed by atoms with Gasteiger partial charge in [0.05, 0.1) is 17.2 Å². The molecule has 5 heterocycles. The maximum atomic E-state index is 13.3. The summed E-state index contributed by atoms with van der Waals surface area (Å²) in [5.74, 6) is -0.258. The first-order valence-electron chi connectivity index (χ1n) is 10.6. The summed E-state index contributed by atoms with van der Waals surface area (Å²) in [5.41, 5.74) is 2.03. The number of hydrogen-bond acceptors (Lipinski definition) is 4. The van der Waals surface area contributed by atoms with Gasteiger partial charge in [0, 0.05) is 36.4 Å². The summed E-state index contributed by atoms with van der Waals surface area (Å²) < 4.78 is 42.4. The molecule has 0 bridgehead atoms. The number of amides is 1. The van der Waals surface area contributed by atoms with Crippen LogP contribution in [-0.2, 0) is 6.54 Å². The highest BCUT2D eigenvalue weighted by Gasteiger charge is 2.31. The first-order valence-corrected chi connectivity index (χ1v) is 10.6. The molecule has 0 saturated carbocycles. The minimum atomic E-state index is -4.46. The smallest absolute Gasteiger partial charge is 0.337 e. The van der Waals surface area contributed by atoms with Crippen LogP contribution in [0.1, 0.15) is 36.2 Å². The van der Waals surface area contributed by atoms with Gasteiger partial charge < -0.3 is 4.90 Å². The maximum absolute atomic E-state index is 13.3. The number of hydrogen-bond donors (Lipinski definition) is 0. The lowest BCUT2D eigenvalue weighted by Crippen LogP contribution is -2.32. The lowest BCUT2D eigenvalue weighted by molar-refractivity contribution is -0.141. The minimum absolute atomic E-state index is 0. The van der Waals surface area contributed by atoms with Crippen LogP contribution in [0.25, 0.3) is 27.7 Å². The Bertz CT molecular complexity index is 1290. The number of likely N-dealkylation sites (tertiary alicyclic amines) is 1. The summed E-state index contributed by atoms with van der Waals surface area (Å²) >= 11 is 0. The van der Waals surface area contributed by atoms with Gasteiger partial charge in [-0.15, -0.1) is 12.4 Å². The monoisotopic (exact) mass is 478 g/mol. The number of alkyl halides is 3. The van der Waals surface area contributed by atoms with E-state index in [1.165, 1.54) is 12.3 Å². The Morgan fingerprint density at radius 3 is 2.52 bits per heavy atom. The Kier molecular flexibility index (Phi) is 6.29. The average molecular weight is 479 g/mol. The normalized spacial score (nSPS) is 14.9. The topological polar surface area (TPSA) is 68.3 Å². The molecule has 7 nitrogen and oxygen atoms in total. The maximum Gasteiger partial charge on any atom is 0.408 e. The van der Waals surface area contributed by atoms with Crippen molar-refractivity contribution >= 4 is 34.7 Å². The van der Waals surface area contributed by atoms with Crippen molar-refractivity contribution in [1.82, 2.24) is 29.3 Å². The molecule has 0 N–H and O–H groups in total. The van der Waals surface area contributed by atoms with E-state index in [2.05, 4.69) is 15.2 Å². The van der Waals surface area contributed by atoms with Gasteiger partial charge in [-0.25, -0.2) is 4.52 Å². The van der Waals surface area contributed by atoms with Gasteiger partial charge in [-0.3, -0.25) is 14.5 Å². The standard InChI is InChI=1S/C22H21F3N6O.ClH/c23-22(24,25)14-31-19-11-17(21(32)29-8-4-1-2-5-9-29)26-12-15(19)20(28-31)16-13-27-30-10-6-3-7-18(16)30;/h3,6-7,10-13H,1-2,4-5,8-9,14H2;1H. The van der Waals surface area contributed by atoms with E-state index in [4.69, 9.17) is 0 Å². The van der Waals surface area contributed by atoms with E-state index in [-0.39, 0.29) is 29.5 Å². The highest BCUT2D eigenvalue weighted by atomic mass is 35.5. The number of rotatable bonds is 3. The SMILES string of the molecule is Cl.O=C(c1cc2c(cn1)c(-c1cnn3ccccc13)nn2CC(F)(F)F)N1CCCCCC1. The molecule has 4 aromatic rings. The Hall–Kier alpha value is -3.14. The number of halogens is 4. The van der Waals surface area contributed by atoms with Gasteiger partial charge in [0.25, 0.3) is 5.91 Å². The third-order valence-corrected chi connectivity index (χ3v) is 5.76. The van der Waals surface area contributed by atoms with Gasteiger partial charge in [-0.1, -0.05) is 18.9 Å². The van der Waals surface area contributed by atoms with Crippen LogP contribution in [-0.4, -0.2) is 54.5 Å².